The van der Waals surface area contributed by atoms with E-state index in [1.807, 2.05) is 0 Å². The number of hydrogen-bond acceptors (Lipinski definition) is 5. The number of nitrogens with zero attached hydrogens (tertiary/aromatic N) is 1. The van der Waals surface area contributed by atoms with Crippen molar-refractivity contribution in [1.29, 1.82) is 0 Å². The van der Waals surface area contributed by atoms with Crippen LogP contribution in [0.1, 0.15) is 20.7 Å². The van der Waals surface area contributed by atoms with E-state index < -0.39 is 22.5 Å². The van der Waals surface area contributed by atoms with Crippen LogP contribution in [0.4, 0.5) is 11.4 Å². The summed E-state index contributed by atoms with van der Waals surface area (Å²) in [5, 5.41) is 22.3. The molecule has 0 fully saturated rings. The number of aromatic carboxylic acids is 1. The Balaban J connectivity index is 2.36. The molecule has 0 bridgehead atoms. The van der Waals surface area contributed by atoms with E-state index in [1.54, 1.807) is 0 Å². The molecule has 0 spiro atoms. The first kappa shape index (κ1) is 17.2. The van der Waals surface area contributed by atoms with Crippen molar-refractivity contribution < 1.29 is 24.4 Å². The minimum Gasteiger partial charge on any atom is -0.495 e. The van der Waals surface area contributed by atoms with Crippen LogP contribution < -0.4 is 10.1 Å². The first-order valence-corrected chi connectivity index (χ1v) is 6.88. The number of amides is 1. The molecule has 0 unspecified atom stereocenters. The van der Waals surface area contributed by atoms with Crippen molar-refractivity contribution in [2.75, 3.05) is 12.4 Å². The SMILES string of the molecule is COc1ccc(C(=O)O)cc1NC(=O)c1ccc(Cl)c([N+](=O)[O-])c1. The highest BCUT2D eigenvalue weighted by molar-refractivity contribution is 6.32. The van der Waals surface area contributed by atoms with Crippen LogP contribution in [0.15, 0.2) is 36.4 Å². The van der Waals surface area contributed by atoms with E-state index in [2.05, 4.69) is 5.32 Å². The van der Waals surface area contributed by atoms with Gasteiger partial charge in [0.15, 0.2) is 0 Å². The summed E-state index contributed by atoms with van der Waals surface area (Å²) >= 11 is 5.70. The number of anilines is 1. The van der Waals surface area contributed by atoms with E-state index in [4.69, 9.17) is 21.4 Å². The number of carboxylic acids is 1. The number of ether oxygens (including phenoxy) is 1. The summed E-state index contributed by atoms with van der Waals surface area (Å²) in [6.07, 6.45) is 0. The van der Waals surface area contributed by atoms with Gasteiger partial charge in [-0.1, -0.05) is 11.6 Å². The molecule has 8 nitrogen and oxygen atoms in total. The number of carbonyl (C=O) groups excluding carboxylic acids is 1. The molecule has 124 valence electrons. The van der Waals surface area contributed by atoms with Crippen molar-refractivity contribution in [3.8, 4) is 5.75 Å². The Hall–Kier alpha value is -3.13. The average Bonchev–Trinajstić information content (AvgIpc) is 2.54. The number of methoxy groups -OCH3 is 1. The van der Waals surface area contributed by atoms with Gasteiger partial charge in [0, 0.05) is 11.6 Å². The Labute approximate surface area is 140 Å². The summed E-state index contributed by atoms with van der Waals surface area (Å²) in [7, 11) is 1.36. The molecule has 0 aromatic heterocycles. The quantitative estimate of drug-likeness (QED) is 0.631. The molecular formula is C15H11ClN2O6. The van der Waals surface area contributed by atoms with E-state index in [-0.39, 0.29) is 27.6 Å². The number of hydrogen-bond donors (Lipinski definition) is 2. The predicted octanol–water partition coefficient (Wildman–Crippen LogP) is 3.21. The minimum atomic E-state index is -1.17. The van der Waals surface area contributed by atoms with E-state index in [9.17, 15) is 19.7 Å². The second-order valence-corrected chi connectivity index (χ2v) is 5.00. The van der Waals surface area contributed by atoms with Gasteiger partial charge in [-0.15, -0.1) is 0 Å². The summed E-state index contributed by atoms with van der Waals surface area (Å²) in [5.41, 5.74) is -0.336. The van der Waals surface area contributed by atoms with Gasteiger partial charge in [0.1, 0.15) is 10.8 Å². The summed E-state index contributed by atoms with van der Waals surface area (Å²) in [6.45, 7) is 0. The Bertz CT molecular complexity index is 837. The van der Waals surface area contributed by atoms with Crippen molar-refractivity contribution in [3.63, 3.8) is 0 Å². The highest BCUT2D eigenvalue weighted by atomic mass is 35.5. The lowest BCUT2D eigenvalue weighted by Crippen LogP contribution is -2.13. The van der Waals surface area contributed by atoms with Crippen molar-refractivity contribution in [2.24, 2.45) is 0 Å². The number of carboxylic acid groups (broad SMARTS) is 1. The molecule has 0 heterocycles. The third kappa shape index (κ3) is 3.61. The number of carbonyl (C=O) groups is 2. The van der Waals surface area contributed by atoms with Gasteiger partial charge in [0.2, 0.25) is 0 Å². The number of nitro benzene ring substituents is 1. The minimum absolute atomic E-state index is 0.00567. The molecule has 0 saturated carbocycles. The first-order valence-electron chi connectivity index (χ1n) is 6.50. The molecule has 0 aliphatic heterocycles. The normalized spacial score (nSPS) is 10.1. The number of halogens is 1. The molecule has 24 heavy (non-hydrogen) atoms. The Morgan fingerprint density at radius 3 is 2.46 bits per heavy atom. The first-order chi connectivity index (χ1) is 11.3. The van der Waals surface area contributed by atoms with Crippen LogP contribution in [0.2, 0.25) is 5.02 Å². The highest BCUT2D eigenvalue weighted by Gasteiger charge is 2.18. The molecule has 9 heteroatoms. The number of nitrogens with one attached hydrogen (secondary N) is 1. The van der Waals surface area contributed by atoms with Gasteiger partial charge in [-0.3, -0.25) is 14.9 Å². The van der Waals surface area contributed by atoms with E-state index >= 15 is 0 Å². The fraction of sp³-hybridized carbons (Fsp3) is 0.0667. The van der Waals surface area contributed by atoms with Gasteiger partial charge in [0.25, 0.3) is 11.6 Å². The molecule has 2 aromatic carbocycles. The number of nitro groups is 1. The third-order valence-corrected chi connectivity index (χ3v) is 3.42. The lowest BCUT2D eigenvalue weighted by molar-refractivity contribution is -0.384. The van der Waals surface area contributed by atoms with Crippen LogP contribution in [0.5, 0.6) is 5.75 Å². The zero-order chi connectivity index (χ0) is 17.9. The van der Waals surface area contributed by atoms with Crippen LogP contribution in [0.25, 0.3) is 0 Å². The zero-order valence-corrected chi connectivity index (χ0v) is 13.0. The topological polar surface area (TPSA) is 119 Å². The molecule has 0 aliphatic rings. The number of benzene rings is 2. The third-order valence-electron chi connectivity index (χ3n) is 3.10. The number of rotatable bonds is 5. The van der Waals surface area contributed by atoms with Crippen LogP contribution >= 0.6 is 11.6 Å². The van der Waals surface area contributed by atoms with E-state index in [0.29, 0.717) is 0 Å². The van der Waals surface area contributed by atoms with Crippen LogP contribution in [0.3, 0.4) is 0 Å². The van der Waals surface area contributed by atoms with Crippen molar-refractivity contribution in [1.82, 2.24) is 0 Å². The van der Waals surface area contributed by atoms with Crippen LogP contribution in [-0.2, 0) is 0 Å². The van der Waals surface area contributed by atoms with Gasteiger partial charge in [-0.2, -0.15) is 0 Å². The largest absolute Gasteiger partial charge is 0.495 e. The lowest BCUT2D eigenvalue weighted by Gasteiger charge is -2.11. The van der Waals surface area contributed by atoms with Gasteiger partial charge in [-0.05, 0) is 30.3 Å². The van der Waals surface area contributed by atoms with Crippen LogP contribution in [-0.4, -0.2) is 29.0 Å². The molecule has 2 rings (SSSR count). The molecule has 0 atom stereocenters. The van der Waals surface area contributed by atoms with Crippen molar-refractivity contribution >= 4 is 34.9 Å². The maximum atomic E-state index is 12.3. The summed E-state index contributed by atoms with van der Waals surface area (Å²) in [5.74, 6) is -1.59. The Kier molecular flexibility index (Phi) is 5.00. The summed E-state index contributed by atoms with van der Waals surface area (Å²) in [6, 6.07) is 7.53. The zero-order valence-electron chi connectivity index (χ0n) is 12.3. The fourth-order valence-corrected chi connectivity index (χ4v) is 2.11. The van der Waals surface area contributed by atoms with Gasteiger partial charge in [0.05, 0.1) is 23.3 Å². The maximum Gasteiger partial charge on any atom is 0.335 e. The summed E-state index contributed by atoms with van der Waals surface area (Å²) < 4.78 is 5.06. The molecule has 0 radical (unpaired) electrons. The average molecular weight is 351 g/mol. The fourth-order valence-electron chi connectivity index (χ4n) is 1.93. The van der Waals surface area contributed by atoms with Gasteiger partial charge >= 0.3 is 5.97 Å². The van der Waals surface area contributed by atoms with Gasteiger partial charge < -0.3 is 15.2 Å². The standard InChI is InChI=1S/C15H11ClN2O6/c1-24-13-5-3-9(15(20)21)6-11(13)17-14(19)8-2-4-10(16)12(7-8)18(22)23/h2-7H,1H3,(H,17,19)(H,20,21). The molecule has 0 saturated heterocycles. The van der Waals surface area contributed by atoms with Crippen molar-refractivity contribution in [3.05, 3.63) is 62.7 Å². The molecule has 1 amide bonds. The van der Waals surface area contributed by atoms with E-state index in [0.717, 1.165) is 6.07 Å². The second-order valence-electron chi connectivity index (χ2n) is 4.60. The molecule has 2 aromatic rings. The Morgan fingerprint density at radius 2 is 1.88 bits per heavy atom. The smallest absolute Gasteiger partial charge is 0.335 e. The summed E-state index contributed by atoms with van der Waals surface area (Å²) in [4.78, 5) is 33.5. The maximum absolute atomic E-state index is 12.3. The monoisotopic (exact) mass is 350 g/mol. The predicted molar refractivity (Wildman–Crippen MR) is 86.0 cm³/mol. The Morgan fingerprint density at radius 1 is 1.21 bits per heavy atom. The van der Waals surface area contributed by atoms with Crippen molar-refractivity contribution in [2.45, 2.75) is 0 Å². The second kappa shape index (κ2) is 6.97. The molecular weight excluding hydrogens is 340 g/mol. The van der Waals surface area contributed by atoms with Gasteiger partial charge in [-0.25, -0.2) is 4.79 Å². The highest BCUT2D eigenvalue weighted by Crippen LogP contribution is 2.28. The molecule has 0 aliphatic carbocycles. The van der Waals surface area contributed by atoms with Crippen LogP contribution in [0, 0.1) is 10.1 Å². The lowest BCUT2D eigenvalue weighted by atomic mass is 10.1. The van der Waals surface area contributed by atoms with E-state index in [1.165, 1.54) is 37.4 Å². The molecule has 2 N–H and O–H groups in total.